The highest BCUT2D eigenvalue weighted by Crippen LogP contribution is 2.33. The minimum absolute atomic E-state index is 0.0456. The molecular weight excluding hydrogens is 554 g/mol. The second-order valence-corrected chi connectivity index (χ2v) is 12.6. The summed E-state index contributed by atoms with van der Waals surface area (Å²) in [6.45, 7) is 10.1. The van der Waals surface area contributed by atoms with Gasteiger partial charge in [-0.2, -0.15) is 0 Å². The van der Waals surface area contributed by atoms with Crippen molar-refractivity contribution in [2.45, 2.75) is 84.9 Å². The molecule has 2 aromatic carbocycles. The van der Waals surface area contributed by atoms with Gasteiger partial charge in [0.25, 0.3) is 0 Å². The van der Waals surface area contributed by atoms with E-state index in [1.54, 1.807) is 14.2 Å². The van der Waals surface area contributed by atoms with E-state index in [2.05, 4.69) is 31.3 Å². The molecule has 0 unspecified atom stereocenters. The SMILES string of the molecule is CCC(CC)[C@@H](Cc1ccc(OC)c(OCCCOC)c1)C[C@H](N)[C@@H](O)C[C@H](C(=O)NCc1ccc(N(C)C)cc1)C(C)C. The van der Waals surface area contributed by atoms with E-state index in [0.717, 1.165) is 48.2 Å². The van der Waals surface area contributed by atoms with Crippen molar-refractivity contribution in [2.75, 3.05) is 46.4 Å². The zero-order valence-electron chi connectivity index (χ0n) is 28.5. The molecule has 0 spiro atoms. The van der Waals surface area contributed by atoms with Gasteiger partial charge in [0.1, 0.15) is 0 Å². The third-order valence-electron chi connectivity index (χ3n) is 8.82. The van der Waals surface area contributed by atoms with E-state index < -0.39 is 12.1 Å². The summed E-state index contributed by atoms with van der Waals surface area (Å²) in [6.07, 6.45) is 3.92. The lowest BCUT2D eigenvalue weighted by atomic mass is 9.77. The minimum Gasteiger partial charge on any atom is -0.493 e. The number of nitrogens with two attached hydrogens (primary N) is 1. The third kappa shape index (κ3) is 11.9. The first-order valence-electron chi connectivity index (χ1n) is 16.3. The monoisotopic (exact) mass is 613 g/mol. The van der Waals surface area contributed by atoms with E-state index in [4.69, 9.17) is 19.9 Å². The second-order valence-electron chi connectivity index (χ2n) is 12.6. The Bertz CT molecular complexity index is 1090. The van der Waals surface area contributed by atoms with Crippen molar-refractivity contribution in [1.82, 2.24) is 5.32 Å². The fraction of sp³-hybridized carbons (Fsp3) is 0.639. The van der Waals surface area contributed by atoms with Crippen LogP contribution in [0.15, 0.2) is 42.5 Å². The van der Waals surface area contributed by atoms with Crippen molar-refractivity contribution < 1.29 is 24.1 Å². The number of nitrogens with zero attached hydrogens (tertiary/aromatic N) is 1. The Hall–Kier alpha value is -2.81. The largest absolute Gasteiger partial charge is 0.493 e. The van der Waals surface area contributed by atoms with Gasteiger partial charge in [-0.1, -0.05) is 58.7 Å². The molecule has 8 nitrogen and oxygen atoms in total. The third-order valence-corrected chi connectivity index (χ3v) is 8.82. The summed E-state index contributed by atoms with van der Waals surface area (Å²) < 4.78 is 16.7. The summed E-state index contributed by atoms with van der Waals surface area (Å²) in [6, 6.07) is 13.8. The molecule has 0 saturated heterocycles. The van der Waals surface area contributed by atoms with Gasteiger partial charge in [0.05, 0.1) is 19.8 Å². The van der Waals surface area contributed by atoms with Crippen LogP contribution in [-0.4, -0.2) is 64.7 Å². The lowest BCUT2D eigenvalue weighted by Gasteiger charge is -2.32. The maximum Gasteiger partial charge on any atom is 0.223 e. The van der Waals surface area contributed by atoms with Gasteiger partial charge >= 0.3 is 0 Å². The number of anilines is 1. The predicted molar refractivity (Wildman–Crippen MR) is 180 cm³/mol. The van der Waals surface area contributed by atoms with Crippen LogP contribution in [0.3, 0.4) is 0 Å². The molecule has 4 N–H and O–H groups in total. The van der Waals surface area contributed by atoms with Crippen molar-refractivity contribution >= 4 is 11.6 Å². The maximum atomic E-state index is 13.3. The fourth-order valence-electron chi connectivity index (χ4n) is 5.90. The molecule has 0 bridgehead atoms. The van der Waals surface area contributed by atoms with Crippen molar-refractivity contribution in [3.8, 4) is 11.5 Å². The number of benzene rings is 2. The van der Waals surface area contributed by atoms with Gasteiger partial charge in [0.15, 0.2) is 11.5 Å². The number of hydrogen-bond donors (Lipinski definition) is 3. The molecule has 0 radical (unpaired) electrons. The average molecular weight is 614 g/mol. The van der Waals surface area contributed by atoms with Crippen LogP contribution in [0, 0.1) is 23.7 Å². The Balaban J connectivity index is 2.08. The Kier molecular flexibility index (Phi) is 16.6. The topological polar surface area (TPSA) is 106 Å². The smallest absolute Gasteiger partial charge is 0.223 e. The molecule has 8 heteroatoms. The highest BCUT2D eigenvalue weighted by Gasteiger charge is 2.30. The number of aliphatic hydroxyl groups is 1. The van der Waals surface area contributed by atoms with Crippen molar-refractivity contribution in [3.05, 3.63) is 53.6 Å². The van der Waals surface area contributed by atoms with Gasteiger partial charge in [-0.15, -0.1) is 0 Å². The van der Waals surface area contributed by atoms with Crippen LogP contribution in [0.5, 0.6) is 11.5 Å². The van der Waals surface area contributed by atoms with Crippen molar-refractivity contribution in [2.24, 2.45) is 29.4 Å². The molecule has 0 aliphatic rings. The lowest BCUT2D eigenvalue weighted by Crippen LogP contribution is -2.42. The van der Waals surface area contributed by atoms with Gasteiger partial charge in [0.2, 0.25) is 5.91 Å². The molecule has 0 aromatic heterocycles. The van der Waals surface area contributed by atoms with E-state index in [1.165, 1.54) is 0 Å². The molecule has 4 atom stereocenters. The Labute approximate surface area is 266 Å². The van der Waals surface area contributed by atoms with Crippen LogP contribution >= 0.6 is 0 Å². The highest BCUT2D eigenvalue weighted by molar-refractivity contribution is 5.79. The number of ether oxygens (including phenoxy) is 3. The van der Waals surface area contributed by atoms with Gasteiger partial charge < -0.3 is 35.3 Å². The number of methoxy groups -OCH3 is 2. The van der Waals surface area contributed by atoms with Gasteiger partial charge in [-0.25, -0.2) is 0 Å². The van der Waals surface area contributed by atoms with E-state index in [9.17, 15) is 9.90 Å². The van der Waals surface area contributed by atoms with Gasteiger partial charge in [-0.05, 0) is 72.4 Å². The summed E-state index contributed by atoms with van der Waals surface area (Å²) >= 11 is 0. The fourth-order valence-corrected chi connectivity index (χ4v) is 5.90. The minimum atomic E-state index is -0.778. The van der Waals surface area contributed by atoms with Crippen LogP contribution in [0.1, 0.15) is 70.9 Å². The Morgan fingerprint density at radius 3 is 2.16 bits per heavy atom. The van der Waals surface area contributed by atoms with E-state index in [0.29, 0.717) is 44.3 Å². The number of carbonyl (C=O) groups is 1. The second kappa shape index (κ2) is 19.6. The Morgan fingerprint density at radius 2 is 1.59 bits per heavy atom. The van der Waals surface area contributed by atoms with Crippen molar-refractivity contribution in [1.29, 1.82) is 0 Å². The molecule has 248 valence electrons. The van der Waals surface area contributed by atoms with E-state index >= 15 is 0 Å². The summed E-state index contributed by atoms with van der Waals surface area (Å²) in [5.74, 6) is 1.88. The number of nitrogens with one attached hydrogen (secondary N) is 1. The Morgan fingerprint density at radius 1 is 0.932 bits per heavy atom. The molecule has 0 aliphatic carbocycles. The first-order valence-corrected chi connectivity index (χ1v) is 16.3. The number of amides is 1. The molecule has 1 amide bonds. The maximum absolute atomic E-state index is 13.3. The number of rotatable bonds is 21. The molecule has 2 aromatic rings. The molecular formula is C36H59N3O5. The number of aliphatic hydroxyl groups excluding tert-OH is 1. The van der Waals surface area contributed by atoms with Crippen LogP contribution < -0.4 is 25.4 Å². The summed E-state index contributed by atoms with van der Waals surface area (Å²) in [5.41, 5.74) is 10.0. The van der Waals surface area contributed by atoms with Gasteiger partial charge in [0, 0.05) is 58.4 Å². The van der Waals surface area contributed by atoms with E-state index in [-0.39, 0.29) is 23.7 Å². The summed E-state index contributed by atoms with van der Waals surface area (Å²) in [7, 11) is 7.34. The van der Waals surface area contributed by atoms with Crippen LogP contribution in [0.4, 0.5) is 5.69 Å². The molecule has 44 heavy (non-hydrogen) atoms. The molecule has 0 heterocycles. The standard InChI is InChI=1S/C36H59N3O5/c1-9-28(10-2)29(20-27-14-17-34(43-8)35(21-27)44-19-11-18-42-7)22-32(37)33(40)23-31(25(3)4)36(41)38-24-26-12-15-30(16-13-26)39(5)6/h12-17,21,25,28-29,31-33,40H,9-11,18-20,22-24,37H2,1-8H3,(H,38,41)/t29-,31-,32-,33-/m0/s1. The summed E-state index contributed by atoms with van der Waals surface area (Å²) in [4.78, 5) is 15.3. The molecule has 0 fully saturated rings. The molecule has 0 aliphatic heterocycles. The quantitative estimate of drug-likeness (QED) is 0.152. The van der Waals surface area contributed by atoms with Crippen LogP contribution in [0.2, 0.25) is 0 Å². The first kappa shape index (κ1) is 37.4. The number of hydrogen-bond acceptors (Lipinski definition) is 7. The first-order chi connectivity index (χ1) is 21.0. The summed E-state index contributed by atoms with van der Waals surface area (Å²) in [5, 5.41) is 14.4. The predicted octanol–water partition coefficient (Wildman–Crippen LogP) is 5.83. The van der Waals surface area contributed by atoms with E-state index in [1.807, 2.05) is 63.2 Å². The van der Waals surface area contributed by atoms with Crippen molar-refractivity contribution in [3.63, 3.8) is 0 Å². The highest BCUT2D eigenvalue weighted by atomic mass is 16.5. The molecule has 2 rings (SSSR count). The number of carbonyl (C=O) groups excluding carboxylic acids is 1. The normalized spacial score (nSPS) is 14.3. The lowest BCUT2D eigenvalue weighted by molar-refractivity contribution is -0.127. The van der Waals surface area contributed by atoms with Crippen LogP contribution in [0.25, 0.3) is 0 Å². The molecule has 0 saturated carbocycles. The zero-order valence-corrected chi connectivity index (χ0v) is 28.5. The van der Waals surface area contributed by atoms with Crippen LogP contribution in [-0.2, 0) is 22.5 Å². The van der Waals surface area contributed by atoms with Gasteiger partial charge in [-0.3, -0.25) is 4.79 Å². The zero-order chi connectivity index (χ0) is 32.6. The average Bonchev–Trinajstić information content (AvgIpc) is 3.01.